The fourth-order valence-electron chi connectivity index (χ4n) is 0. The van der Waals surface area contributed by atoms with Gasteiger partial charge in [0, 0.05) is 0 Å². The first-order chi connectivity index (χ1) is 1.41. The zero-order valence-corrected chi connectivity index (χ0v) is 2.28. The quantitative estimate of drug-likeness (QED) is 0.274. The van der Waals surface area contributed by atoms with E-state index in [9.17, 15) is 0 Å². The fraction of sp³-hybridized carbons (Fsp3) is 0.333. The summed E-state index contributed by atoms with van der Waals surface area (Å²) in [5.74, 6) is 0. The van der Waals surface area contributed by atoms with Crippen LogP contribution in [0.3, 0.4) is 0 Å². The Balaban J connectivity index is 0. The molecule has 0 bridgehead atoms. The predicted molar refractivity (Wildman–Crippen MR) is 27.2 cm³/mol. The third kappa shape index (κ3) is 964. The van der Waals surface area contributed by atoms with Gasteiger partial charge >= 0.3 is 0 Å². The zero-order chi connectivity index (χ0) is 2.71. The summed E-state index contributed by atoms with van der Waals surface area (Å²) in [6, 6.07) is 0. The Kier molecular flexibility index (Phi) is 27.9. The fourth-order valence-corrected chi connectivity index (χ4v) is 0. The second kappa shape index (κ2) is 12.4. The Morgan fingerprint density at radius 3 is 1.75 bits per heavy atom. The molecule has 0 saturated carbocycles. The Hall–Kier alpha value is -0.0431. The van der Waals surface area contributed by atoms with Gasteiger partial charge in [-0.1, -0.05) is 6.08 Å². The lowest BCUT2D eigenvalue weighted by Crippen LogP contribution is -1.07. The molecule has 0 amide bonds. The van der Waals surface area contributed by atoms with Crippen LogP contribution in [0, 0.1) is 0 Å². The summed E-state index contributed by atoms with van der Waals surface area (Å²) in [5.41, 5.74) is 0. The predicted octanol–water partition coefficient (Wildman–Crippen LogP) is -0.259. The first kappa shape index (κ1) is 9.03. The van der Waals surface area contributed by atoms with Gasteiger partial charge in [0.2, 0.25) is 0 Å². The van der Waals surface area contributed by atoms with Gasteiger partial charge in [-0.15, -0.1) is 6.58 Å². The van der Waals surface area contributed by atoms with Crippen molar-refractivity contribution in [2.75, 3.05) is 0 Å². The summed E-state index contributed by atoms with van der Waals surface area (Å²) in [7, 11) is 0. The molecule has 0 aromatic carbocycles. The number of rotatable bonds is 0. The van der Waals surface area contributed by atoms with E-state index < -0.39 is 0 Å². The molecule has 4 heavy (non-hydrogen) atoms. The van der Waals surface area contributed by atoms with Crippen molar-refractivity contribution in [1.29, 1.82) is 0 Å². The standard InChI is InChI=1S/C3H6.H4Si/c1-3-2;/h3H,1H2,2H3;1H4. The molecule has 26 valence electrons. The maximum absolute atomic E-state index is 3.36. The van der Waals surface area contributed by atoms with E-state index in [0.717, 1.165) is 0 Å². The Labute approximate surface area is 31.6 Å². The lowest BCUT2D eigenvalue weighted by Gasteiger charge is -1.31. The van der Waals surface area contributed by atoms with Crippen LogP contribution in [0.2, 0.25) is 0 Å². The maximum atomic E-state index is 3.36. The molecular formula is C3H10Si. The van der Waals surface area contributed by atoms with Crippen LogP contribution < -0.4 is 0 Å². The Morgan fingerprint density at radius 1 is 1.75 bits per heavy atom. The van der Waals surface area contributed by atoms with Crippen molar-refractivity contribution >= 4 is 11.0 Å². The lowest BCUT2D eigenvalue weighted by atomic mass is 10.8. The largest absolute Gasteiger partial charge is 0.103 e. The molecule has 0 aliphatic rings. The van der Waals surface area contributed by atoms with E-state index in [-0.39, 0.29) is 11.0 Å². The van der Waals surface area contributed by atoms with Gasteiger partial charge in [0.05, 0.1) is 0 Å². The monoisotopic (exact) mass is 74.1 g/mol. The molecule has 0 unspecified atom stereocenters. The molecule has 0 atom stereocenters. The number of hydrogen-bond donors (Lipinski definition) is 0. The highest BCUT2D eigenvalue weighted by molar-refractivity contribution is 5.75. The molecule has 0 saturated heterocycles. The molecule has 0 spiro atoms. The van der Waals surface area contributed by atoms with Gasteiger partial charge in [-0.05, 0) is 17.9 Å². The van der Waals surface area contributed by atoms with Crippen LogP contribution in [-0.2, 0) is 0 Å². The molecule has 0 heterocycles. The summed E-state index contributed by atoms with van der Waals surface area (Å²) in [5, 5.41) is 0. The second-order valence-electron chi connectivity index (χ2n) is 0.408. The van der Waals surface area contributed by atoms with Crippen molar-refractivity contribution in [3.05, 3.63) is 12.7 Å². The maximum Gasteiger partial charge on any atom is -0.0149 e. The van der Waals surface area contributed by atoms with E-state index in [0.29, 0.717) is 0 Å². The van der Waals surface area contributed by atoms with Crippen LogP contribution in [-0.4, -0.2) is 11.0 Å². The molecule has 0 aliphatic heterocycles. The minimum atomic E-state index is 0. The van der Waals surface area contributed by atoms with Gasteiger partial charge in [-0.3, -0.25) is 0 Å². The molecule has 0 aliphatic carbocycles. The first-order valence-corrected chi connectivity index (χ1v) is 0.986. The van der Waals surface area contributed by atoms with Crippen LogP contribution in [0.1, 0.15) is 6.92 Å². The van der Waals surface area contributed by atoms with Crippen molar-refractivity contribution in [2.24, 2.45) is 0 Å². The van der Waals surface area contributed by atoms with E-state index in [2.05, 4.69) is 6.58 Å². The second-order valence-corrected chi connectivity index (χ2v) is 0.408. The SMILES string of the molecule is C=CC.[SiH4]. The average Bonchev–Trinajstić information content (AvgIpc) is 0.918. The highest BCUT2D eigenvalue weighted by Crippen LogP contribution is 1.38. The van der Waals surface area contributed by atoms with Gasteiger partial charge < -0.3 is 0 Å². The van der Waals surface area contributed by atoms with Gasteiger partial charge in [0.15, 0.2) is 0 Å². The molecule has 0 aromatic heterocycles. The third-order valence-electron chi connectivity index (χ3n) is 0. The number of hydrogen-bond acceptors (Lipinski definition) is 0. The lowest BCUT2D eigenvalue weighted by molar-refractivity contribution is 1.80. The van der Waals surface area contributed by atoms with Gasteiger partial charge in [-0.25, -0.2) is 0 Å². The van der Waals surface area contributed by atoms with Gasteiger partial charge in [0.1, 0.15) is 0 Å². The minimum Gasteiger partial charge on any atom is -0.103 e. The van der Waals surface area contributed by atoms with Crippen molar-refractivity contribution in [2.45, 2.75) is 6.92 Å². The highest BCUT2D eigenvalue weighted by Gasteiger charge is 1.15. The van der Waals surface area contributed by atoms with E-state index in [4.69, 9.17) is 0 Å². The van der Waals surface area contributed by atoms with Crippen LogP contribution >= 0.6 is 0 Å². The molecular weight excluding hydrogens is 64.1 g/mol. The highest BCUT2D eigenvalue weighted by atomic mass is 28.1. The molecule has 0 fully saturated rings. The minimum absolute atomic E-state index is 0. The zero-order valence-electron chi connectivity index (χ0n) is 2.28. The smallest absolute Gasteiger partial charge is 0.0149 e. The summed E-state index contributed by atoms with van der Waals surface area (Å²) in [6.07, 6.45) is 1.75. The van der Waals surface area contributed by atoms with E-state index in [1.807, 2.05) is 6.92 Å². The van der Waals surface area contributed by atoms with E-state index in [1.54, 1.807) is 6.08 Å². The summed E-state index contributed by atoms with van der Waals surface area (Å²) in [6.45, 7) is 5.25. The molecule has 1 heteroatoms. The van der Waals surface area contributed by atoms with Crippen LogP contribution in [0.5, 0.6) is 0 Å². The van der Waals surface area contributed by atoms with Gasteiger partial charge in [-0.2, -0.15) is 0 Å². The van der Waals surface area contributed by atoms with E-state index in [1.165, 1.54) is 0 Å². The molecule has 0 aromatic rings. The Bertz CT molecular complexity index is 10.8. The summed E-state index contributed by atoms with van der Waals surface area (Å²) >= 11 is 0. The average molecular weight is 74.2 g/mol. The van der Waals surface area contributed by atoms with Crippen molar-refractivity contribution in [1.82, 2.24) is 0 Å². The normalized spacial score (nSPS) is 3.25. The first-order valence-electron chi connectivity index (χ1n) is 0.986. The topological polar surface area (TPSA) is 0 Å². The van der Waals surface area contributed by atoms with Crippen LogP contribution in [0.4, 0.5) is 0 Å². The van der Waals surface area contributed by atoms with E-state index >= 15 is 0 Å². The third-order valence-corrected chi connectivity index (χ3v) is 0. The summed E-state index contributed by atoms with van der Waals surface area (Å²) in [4.78, 5) is 0. The Morgan fingerprint density at radius 2 is 1.75 bits per heavy atom. The van der Waals surface area contributed by atoms with Crippen LogP contribution in [0.25, 0.3) is 0 Å². The molecule has 0 N–H and O–H groups in total. The molecule has 0 nitrogen and oxygen atoms in total. The summed E-state index contributed by atoms with van der Waals surface area (Å²) < 4.78 is 0. The van der Waals surface area contributed by atoms with Gasteiger partial charge in [0.25, 0.3) is 0 Å². The van der Waals surface area contributed by atoms with Crippen molar-refractivity contribution in [3.63, 3.8) is 0 Å². The molecule has 0 rings (SSSR count). The van der Waals surface area contributed by atoms with Crippen molar-refractivity contribution < 1.29 is 0 Å². The number of allylic oxidation sites excluding steroid dienone is 1. The van der Waals surface area contributed by atoms with Crippen LogP contribution in [0.15, 0.2) is 12.7 Å². The van der Waals surface area contributed by atoms with Crippen molar-refractivity contribution in [3.8, 4) is 0 Å². The molecule has 0 radical (unpaired) electrons.